The van der Waals surface area contributed by atoms with Crippen LogP contribution in [0.15, 0.2) is 47.4 Å². The minimum atomic E-state index is -1.07. The summed E-state index contributed by atoms with van der Waals surface area (Å²) in [6.07, 6.45) is 1.58. The first-order valence-electron chi connectivity index (χ1n) is 5.73. The van der Waals surface area contributed by atoms with Crippen LogP contribution < -0.4 is 0 Å². The summed E-state index contributed by atoms with van der Waals surface area (Å²) in [7, 11) is 0. The molecule has 0 fully saturated rings. The largest absolute Gasteiger partial charge is 0.612 e. The monoisotopic (exact) mass is 276 g/mol. The minimum Gasteiger partial charge on any atom is -0.612 e. The van der Waals surface area contributed by atoms with Crippen molar-refractivity contribution in [3.8, 4) is 0 Å². The molecule has 0 aromatic heterocycles. The number of ketones is 1. The van der Waals surface area contributed by atoms with Crippen molar-refractivity contribution in [1.82, 2.24) is 0 Å². The highest BCUT2D eigenvalue weighted by Gasteiger charge is 2.13. The predicted molar refractivity (Wildman–Crippen MR) is 73.3 cm³/mol. The van der Waals surface area contributed by atoms with E-state index < -0.39 is 17.0 Å². The number of carbonyl (C=O) groups is 1. The molecule has 98 valence electrons. The first-order chi connectivity index (χ1) is 8.99. The van der Waals surface area contributed by atoms with Gasteiger partial charge in [-0.1, -0.05) is 6.07 Å². The molecule has 1 unspecified atom stereocenters. The molecule has 2 rings (SSSR count). The van der Waals surface area contributed by atoms with Crippen LogP contribution in [0.4, 0.5) is 4.39 Å². The maximum atomic E-state index is 13.2. The minimum absolute atomic E-state index is 0.231. The fourth-order valence-corrected chi connectivity index (χ4v) is 2.31. The van der Waals surface area contributed by atoms with Crippen LogP contribution in [0.1, 0.15) is 21.5 Å². The summed E-state index contributed by atoms with van der Waals surface area (Å²) in [4.78, 5) is 12.9. The molecule has 0 aliphatic rings. The number of rotatable bonds is 3. The lowest BCUT2D eigenvalue weighted by molar-refractivity contribution is 0.103. The zero-order valence-electron chi connectivity index (χ0n) is 10.6. The van der Waals surface area contributed by atoms with E-state index in [0.717, 1.165) is 5.56 Å². The number of hydrogen-bond acceptors (Lipinski definition) is 2. The second kappa shape index (κ2) is 5.55. The van der Waals surface area contributed by atoms with Gasteiger partial charge in [-0.3, -0.25) is 4.79 Å². The van der Waals surface area contributed by atoms with Gasteiger partial charge in [0.15, 0.2) is 10.7 Å². The Morgan fingerprint density at radius 3 is 2.37 bits per heavy atom. The summed E-state index contributed by atoms with van der Waals surface area (Å²) in [5, 5.41) is 0. The molecular weight excluding hydrogens is 263 g/mol. The van der Waals surface area contributed by atoms with Gasteiger partial charge in [0.05, 0.1) is 0 Å². The normalized spacial score (nSPS) is 12.2. The average Bonchev–Trinajstić information content (AvgIpc) is 2.41. The Morgan fingerprint density at radius 2 is 1.79 bits per heavy atom. The van der Waals surface area contributed by atoms with Crippen molar-refractivity contribution in [1.29, 1.82) is 0 Å². The summed E-state index contributed by atoms with van der Waals surface area (Å²) in [6, 6.07) is 10.7. The van der Waals surface area contributed by atoms with Gasteiger partial charge in [-0.15, -0.1) is 0 Å². The Hall–Kier alpha value is -1.65. The fraction of sp³-hybridized carbons (Fsp3) is 0.133. The van der Waals surface area contributed by atoms with Crippen LogP contribution >= 0.6 is 0 Å². The SMILES string of the molecule is Cc1ccc(F)cc1C(=O)c1ccc([S+](C)[O-])cc1. The molecule has 0 spiro atoms. The quantitative estimate of drug-likeness (QED) is 0.638. The molecule has 2 nitrogen and oxygen atoms in total. The van der Waals surface area contributed by atoms with E-state index in [1.807, 2.05) is 0 Å². The average molecular weight is 276 g/mol. The fourth-order valence-electron chi connectivity index (χ4n) is 1.79. The van der Waals surface area contributed by atoms with Gasteiger partial charge < -0.3 is 4.55 Å². The van der Waals surface area contributed by atoms with E-state index in [0.29, 0.717) is 16.0 Å². The van der Waals surface area contributed by atoms with Crippen LogP contribution in [0.2, 0.25) is 0 Å². The van der Waals surface area contributed by atoms with Crippen LogP contribution in [0, 0.1) is 12.7 Å². The maximum absolute atomic E-state index is 13.2. The van der Waals surface area contributed by atoms with Gasteiger partial charge in [0.2, 0.25) is 0 Å². The molecule has 0 heterocycles. The third-order valence-electron chi connectivity index (χ3n) is 2.89. The summed E-state index contributed by atoms with van der Waals surface area (Å²) < 4.78 is 24.5. The molecule has 2 aromatic carbocycles. The Labute approximate surface area is 114 Å². The Balaban J connectivity index is 2.36. The molecule has 0 amide bonds. The second-order valence-corrected chi connectivity index (χ2v) is 5.65. The van der Waals surface area contributed by atoms with Crippen molar-refractivity contribution in [3.05, 3.63) is 65.0 Å². The van der Waals surface area contributed by atoms with Gasteiger partial charge in [-0.2, -0.15) is 0 Å². The van der Waals surface area contributed by atoms with E-state index in [1.54, 1.807) is 43.5 Å². The standard InChI is InChI=1S/C15H13FO2S/c1-10-3-6-12(16)9-14(10)15(17)11-4-7-13(8-5-11)19(2)18/h3-9H,1-2H3. The predicted octanol–water partition coefficient (Wildman–Crippen LogP) is 3.10. The molecular formula is C15H13FO2S. The van der Waals surface area contributed by atoms with E-state index in [4.69, 9.17) is 0 Å². The van der Waals surface area contributed by atoms with Crippen LogP contribution in [-0.2, 0) is 11.2 Å². The molecule has 0 radical (unpaired) electrons. The van der Waals surface area contributed by atoms with Gasteiger partial charge in [0.1, 0.15) is 12.1 Å². The molecule has 0 aliphatic carbocycles. The van der Waals surface area contributed by atoms with E-state index in [2.05, 4.69) is 0 Å². The van der Waals surface area contributed by atoms with Crippen molar-refractivity contribution < 1.29 is 13.7 Å². The highest BCUT2D eigenvalue weighted by Crippen LogP contribution is 2.17. The van der Waals surface area contributed by atoms with Crippen LogP contribution in [-0.4, -0.2) is 16.6 Å². The van der Waals surface area contributed by atoms with E-state index in [1.165, 1.54) is 12.1 Å². The summed E-state index contributed by atoms with van der Waals surface area (Å²) in [5.41, 5.74) is 1.54. The zero-order chi connectivity index (χ0) is 14.0. The van der Waals surface area contributed by atoms with Gasteiger partial charge in [0, 0.05) is 11.1 Å². The van der Waals surface area contributed by atoms with E-state index in [-0.39, 0.29) is 5.78 Å². The number of carbonyl (C=O) groups excluding carboxylic acids is 1. The maximum Gasteiger partial charge on any atom is 0.193 e. The molecule has 2 aromatic rings. The highest BCUT2D eigenvalue weighted by molar-refractivity contribution is 7.90. The lowest BCUT2D eigenvalue weighted by Gasteiger charge is -2.07. The summed E-state index contributed by atoms with van der Waals surface area (Å²) in [6.45, 7) is 1.77. The number of hydrogen-bond donors (Lipinski definition) is 0. The molecule has 0 saturated carbocycles. The molecule has 1 atom stereocenters. The van der Waals surface area contributed by atoms with Crippen LogP contribution in [0.5, 0.6) is 0 Å². The number of benzene rings is 2. The van der Waals surface area contributed by atoms with Crippen LogP contribution in [0.3, 0.4) is 0 Å². The Morgan fingerprint density at radius 1 is 1.16 bits per heavy atom. The van der Waals surface area contributed by atoms with E-state index in [9.17, 15) is 13.7 Å². The number of halogens is 1. The smallest absolute Gasteiger partial charge is 0.193 e. The van der Waals surface area contributed by atoms with Crippen molar-refractivity contribution in [3.63, 3.8) is 0 Å². The van der Waals surface area contributed by atoms with Gasteiger partial charge >= 0.3 is 0 Å². The highest BCUT2D eigenvalue weighted by atomic mass is 32.2. The topological polar surface area (TPSA) is 40.1 Å². The van der Waals surface area contributed by atoms with Crippen molar-refractivity contribution in [2.75, 3.05) is 6.26 Å². The molecule has 0 N–H and O–H groups in total. The van der Waals surface area contributed by atoms with Gasteiger partial charge in [-0.25, -0.2) is 4.39 Å². The Kier molecular flexibility index (Phi) is 4.02. The van der Waals surface area contributed by atoms with Crippen molar-refractivity contribution >= 4 is 17.0 Å². The summed E-state index contributed by atoms with van der Waals surface area (Å²) >= 11 is -1.07. The van der Waals surface area contributed by atoms with E-state index >= 15 is 0 Å². The molecule has 19 heavy (non-hydrogen) atoms. The second-order valence-electron chi connectivity index (χ2n) is 4.27. The summed E-state index contributed by atoms with van der Waals surface area (Å²) in [5.74, 6) is -0.661. The molecule has 0 saturated heterocycles. The Bertz CT molecular complexity index is 606. The molecule has 0 aliphatic heterocycles. The van der Waals surface area contributed by atoms with Crippen molar-refractivity contribution in [2.45, 2.75) is 11.8 Å². The lowest BCUT2D eigenvalue weighted by atomic mass is 9.99. The number of aryl methyl sites for hydroxylation is 1. The molecule has 4 heteroatoms. The van der Waals surface area contributed by atoms with Crippen LogP contribution in [0.25, 0.3) is 0 Å². The van der Waals surface area contributed by atoms with Crippen molar-refractivity contribution in [2.24, 2.45) is 0 Å². The first-order valence-corrected chi connectivity index (χ1v) is 7.29. The molecule has 0 bridgehead atoms. The third kappa shape index (κ3) is 3.03. The van der Waals surface area contributed by atoms with Gasteiger partial charge in [-0.05, 0) is 60.1 Å². The first kappa shape index (κ1) is 13.8. The lowest BCUT2D eigenvalue weighted by Crippen LogP contribution is -2.05. The third-order valence-corrected chi connectivity index (χ3v) is 3.83. The zero-order valence-corrected chi connectivity index (χ0v) is 11.5. The van der Waals surface area contributed by atoms with Gasteiger partial charge in [0.25, 0.3) is 0 Å².